The number of ether oxygens (including phenoxy) is 2. The van der Waals surface area contributed by atoms with Crippen LogP contribution < -0.4 is 15.2 Å². The Labute approximate surface area is 154 Å². The Morgan fingerprint density at radius 3 is 1.80 bits per heavy atom. The highest BCUT2D eigenvalue weighted by molar-refractivity contribution is 5.85. The molecule has 0 aliphatic rings. The fourth-order valence-corrected chi connectivity index (χ4v) is 2.26. The number of benzene rings is 3. The molecular weight excluding hydrogens is 334 g/mol. The van der Waals surface area contributed by atoms with Gasteiger partial charge in [0.15, 0.2) is 11.5 Å². The lowest BCUT2D eigenvalue weighted by Crippen LogP contribution is -2.06. The van der Waals surface area contributed by atoms with E-state index in [1.54, 1.807) is 6.08 Å². The maximum atomic E-state index is 6.04. The van der Waals surface area contributed by atoms with Crippen LogP contribution in [0.4, 0.5) is 0 Å². The Kier molecular flexibility index (Phi) is 6.63. The lowest BCUT2D eigenvalue weighted by molar-refractivity contribution is 0.418. The fraction of sp³-hybridized carbons (Fsp3) is 0.0476. The molecule has 0 heterocycles. The molecule has 0 bridgehead atoms. The molecule has 0 amide bonds. The van der Waals surface area contributed by atoms with Gasteiger partial charge in [0.1, 0.15) is 11.5 Å². The maximum Gasteiger partial charge on any atom is 0.170 e. The minimum absolute atomic E-state index is 0. The van der Waals surface area contributed by atoms with E-state index < -0.39 is 0 Å². The van der Waals surface area contributed by atoms with Gasteiger partial charge in [-0.2, -0.15) is 0 Å². The third-order valence-corrected chi connectivity index (χ3v) is 3.55. The van der Waals surface area contributed by atoms with Crippen LogP contribution in [-0.4, -0.2) is 0 Å². The first-order chi connectivity index (χ1) is 11.8. The van der Waals surface area contributed by atoms with Gasteiger partial charge >= 0.3 is 0 Å². The topological polar surface area (TPSA) is 44.5 Å². The molecule has 4 heteroatoms. The van der Waals surface area contributed by atoms with Crippen LogP contribution in [0, 0.1) is 0 Å². The van der Waals surface area contributed by atoms with Crippen LogP contribution >= 0.6 is 12.4 Å². The van der Waals surface area contributed by atoms with Crippen LogP contribution in [0.25, 0.3) is 0 Å². The molecule has 0 aliphatic carbocycles. The molecule has 0 radical (unpaired) electrons. The Morgan fingerprint density at radius 2 is 1.28 bits per heavy atom. The van der Waals surface area contributed by atoms with Gasteiger partial charge in [-0.3, -0.25) is 0 Å². The van der Waals surface area contributed by atoms with Gasteiger partial charge < -0.3 is 15.2 Å². The summed E-state index contributed by atoms with van der Waals surface area (Å²) in [5.41, 5.74) is 6.96. The van der Waals surface area contributed by atoms with Gasteiger partial charge in [-0.15, -0.1) is 19.0 Å². The van der Waals surface area contributed by atoms with Crippen LogP contribution in [0.3, 0.4) is 0 Å². The van der Waals surface area contributed by atoms with Crippen LogP contribution in [0.15, 0.2) is 91.5 Å². The van der Waals surface area contributed by atoms with Gasteiger partial charge in [0.2, 0.25) is 0 Å². The van der Waals surface area contributed by atoms with Gasteiger partial charge in [-0.25, -0.2) is 0 Å². The van der Waals surface area contributed by atoms with E-state index in [2.05, 4.69) is 6.58 Å². The summed E-state index contributed by atoms with van der Waals surface area (Å²) in [6, 6.07) is 24.6. The van der Waals surface area contributed by atoms with E-state index in [4.69, 9.17) is 15.2 Å². The zero-order chi connectivity index (χ0) is 16.8. The van der Waals surface area contributed by atoms with E-state index in [-0.39, 0.29) is 18.4 Å². The average molecular weight is 354 g/mol. The van der Waals surface area contributed by atoms with E-state index in [1.165, 1.54) is 0 Å². The minimum Gasteiger partial charge on any atom is -0.453 e. The highest BCUT2D eigenvalue weighted by Crippen LogP contribution is 2.36. The zero-order valence-electron chi connectivity index (χ0n) is 13.7. The number of para-hydroxylation sites is 2. The molecule has 0 fully saturated rings. The Balaban J connectivity index is 0.00000225. The van der Waals surface area contributed by atoms with Crippen molar-refractivity contribution < 1.29 is 9.47 Å². The highest BCUT2D eigenvalue weighted by Gasteiger charge is 2.11. The van der Waals surface area contributed by atoms with E-state index >= 15 is 0 Å². The van der Waals surface area contributed by atoms with Crippen LogP contribution in [0.5, 0.6) is 23.0 Å². The normalized spacial score (nSPS) is 11.1. The van der Waals surface area contributed by atoms with Crippen molar-refractivity contribution in [1.29, 1.82) is 0 Å². The van der Waals surface area contributed by atoms with Crippen LogP contribution in [0.1, 0.15) is 11.6 Å². The predicted octanol–water partition coefficient (Wildman–Crippen LogP) is 5.88. The fourth-order valence-electron chi connectivity index (χ4n) is 2.26. The summed E-state index contributed by atoms with van der Waals surface area (Å²) in [6.45, 7) is 3.74. The molecule has 2 N–H and O–H groups in total. The van der Waals surface area contributed by atoms with Gasteiger partial charge in [-0.1, -0.05) is 48.5 Å². The summed E-state index contributed by atoms with van der Waals surface area (Å²) < 4.78 is 12.0. The summed E-state index contributed by atoms with van der Waals surface area (Å²) in [4.78, 5) is 0. The first-order valence-corrected chi connectivity index (χ1v) is 7.74. The Morgan fingerprint density at radius 1 is 0.760 bits per heavy atom. The molecule has 1 atom stereocenters. The molecule has 3 rings (SSSR count). The van der Waals surface area contributed by atoms with Crippen molar-refractivity contribution in [2.24, 2.45) is 5.73 Å². The SMILES string of the molecule is C=C[C@@H](N)c1ccc(Oc2ccccc2)c(Oc2ccccc2)c1.Cl. The third kappa shape index (κ3) is 4.86. The van der Waals surface area contributed by atoms with Gasteiger partial charge in [0, 0.05) is 6.04 Å². The molecule has 0 unspecified atom stereocenters. The summed E-state index contributed by atoms with van der Waals surface area (Å²) in [5.74, 6) is 2.72. The average Bonchev–Trinajstić information content (AvgIpc) is 2.64. The van der Waals surface area contributed by atoms with Crippen molar-refractivity contribution in [3.63, 3.8) is 0 Å². The largest absolute Gasteiger partial charge is 0.453 e. The monoisotopic (exact) mass is 353 g/mol. The second kappa shape index (κ2) is 8.92. The summed E-state index contributed by atoms with van der Waals surface area (Å²) in [6.07, 6.45) is 1.69. The predicted molar refractivity (Wildman–Crippen MR) is 104 cm³/mol. The van der Waals surface area contributed by atoms with Crippen molar-refractivity contribution in [2.75, 3.05) is 0 Å². The molecule has 128 valence electrons. The molecule has 0 saturated heterocycles. The number of hydrogen-bond acceptors (Lipinski definition) is 3. The minimum atomic E-state index is -0.256. The second-order valence-electron chi connectivity index (χ2n) is 5.30. The zero-order valence-corrected chi connectivity index (χ0v) is 14.5. The lowest BCUT2D eigenvalue weighted by Gasteiger charge is -2.15. The smallest absolute Gasteiger partial charge is 0.170 e. The van der Waals surface area contributed by atoms with Crippen molar-refractivity contribution in [2.45, 2.75) is 6.04 Å². The Hall–Kier alpha value is -2.75. The van der Waals surface area contributed by atoms with Gasteiger partial charge in [0.25, 0.3) is 0 Å². The number of halogens is 1. The van der Waals surface area contributed by atoms with E-state index in [1.807, 2.05) is 78.9 Å². The van der Waals surface area contributed by atoms with E-state index in [0.717, 1.165) is 17.1 Å². The van der Waals surface area contributed by atoms with Crippen LogP contribution in [0.2, 0.25) is 0 Å². The molecule has 3 aromatic carbocycles. The molecular formula is C21H20ClNO2. The van der Waals surface area contributed by atoms with E-state index in [0.29, 0.717) is 11.5 Å². The molecule has 0 saturated carbocycles. The van der Waals surface area contributed by atoms with Crippen LogP contribution in [-0.2, 0) is 0 Å². The quantitative estimate of drug-likeness (QED) is 0.563. The summed E-state index contributed by atoms with van der Waals surface area (Å²) in [5, 5.41) is 0. The second-order valence-corrected chi connectivity index (χ2v) is 5.30. The molecule has 3 nitrogen and oxygen atoms in total. The molecule has 0 aromatic heterocycles. The Bertz CT molecular complexity index is 807. The lowest BCUT2D eigenvalue weighted by atomic mass is 10.1. The highest BCUT2D eigenvalue weighted by atomic mass is 35.5. The van der Waals surface area contributed by atoms with Crippen molar-refractivity contribution in [3.8, 4) is 23.0 Å². The molecule has 3 aromatic rings. The van der Waals surface area contributed by atoms with Gasteiger partial charge in [-0.05, 0) is 42.0 Å². The van der Waals surface area contributed by atoms with E-state index in [9.17, 15) is 0 Å². The van der Waals surface area contributed by atoms with Gasteiger partial charge in [0.05, 0.1) is 0 Å². The molecule has 0 aliphatic heterocycles. The maximum absolute atomic E-state index is 6.04. The first-order valence-electron chi connectivity index (χ1n) is 7.74. The van der Waals surface area contributed by atoms with Crippen molar-refractivity contribution in [1.82, 2.24) is 0 Å². The van der Waals surface area contributed by atoms with Crippen molar-refractivity contribution >= 4 is 12.4 Å². The van der Waals surface area contributed by atoms with Crippen molar-refractivity contribution in [3.05, 3.63) is 97.1 Å². The standard InChI is InChI=1S/C21H19NO2.ClH/c1-2-19(22)16-13-14-20(23-17-9-5-3-6-10-17)21(15-16)24-18-11-7-4-8-12-18;/h2-15,19H,1,22H2;1H/t19-;/m1./s1. The summed E-state index contributed by atoms with van der Waals surface area (Å²) in [7, 11) is 0. The molecule has 25 heavy (non-hydrogen) atoms. The third-order valence-electron chi connectivity index (χ3n) is 3.55. The number of rotatable bonds is 6. The number of nitrogens with two attached hydrogens (primary N) is 1. The summed E-state index contributed by atoms with van der Waals surface area (Å²) >= 11 is 0. The molecule has 0 spiro atoms. The number of hydrogen-bond donors (Lipinski definition) is 1. The first kappa shape index (κ1) is 18.6.